The van der Waals surface area contributed by atoms with Crippen molar-refractivity contribution in [3.05, 3.63) is 59.7 Å². The maximum absolute atomic E-state index is 12.6. The summed E-state index contributed by atoms with van der Waals surface area (Å²) in [6.07, 6.45) is 4.58. The van der Waals surface area contributed by atoms with E-state index in [9.17, 15) is 4.79 Å². The molecule has 1 saturated carbocycles. The summed E-state index contributed by atoms with van der Waals surface area (Å²) in [5, 5.41) is 3.67. The van der Waals surface area contributed by atoms with Gasteiger partial charge in [-0.1, -0.05) is 45.7 Å². The summed E-state index contributed by atoms with van der Waals surface area (Å²) in [5.74, 6) is -0.00409. The topological polar surface area (TPSA) is 55.1 Å². The first-order valence-corrected chi connectivity index (χ1v) is 10.6. The Balaban J connectivity index is 1.66. The number of carbonyl (C=O) groups excluding carboxylic acids is 1. The third-order valence-electron chi connectivity index (χ3n) is 5.20. The zero-order chi connectivity index (χ0) is 19.4. The first-order chi connectivity index (χ1) is 12.8. The van der Waals surface area contributed by atoms with Crippen LogP contribution < -0.4 is 11.1 Å². The number of carbonyl (C=O) groups is 1. The number of thioether (sulfide) groups is 1. The quantitative estimate of drug-likeness (QED) is 0.696. The van der Waals surface area contributed by atoms with Gasteiger partial charge in [0, 0.05) is 27.4 Å². The van der Waals surface area contributed by atoms with Gasteiger partial charge in [-0.3, -0.25) is 4.79 Å². The molecule has 144 valence electrons. The highest BCUT2D eigenvalue weighted by atomic mass is 32.2. The average molecular weight is 383 g/mol. The molecule has 3 N–H and O–H groups in total. The van der Waals surface area contributed by atoms with Crippen molar-refractivity contribution in [3.63, 3.8) is 0 Å². The highest BCUT2D eigenvalue weighted by Gasteiger charge is 2.27. The van der Waals surface area contributed by atoms with Gasteiger partial charge in [-0.15, -0.1) is 11.8 Å². The number of hydrogen-bond donors (Lipinski definition) is 2. The monoisotopic (exact) mass is 382 g/mol. The van der Waals surface area contributed by atoms with E-state index in [4.69, 9.17) is 5.73 Å². The number of amides is 1. The molecule has 2 aromatic carbocycles. The maximum Gasteiger partial charge on any atom is 0.251 e. The molecule has 1 fully saturated rings. The second kappa shape index (κ2) is 8.39. The van der Waals surface area contributed by atoms with Gasteiger partial charge in [-0.25, -0.2) is 0 Å². The largest absolute Gasteiger partial charge is 0.399 e. The van der Waals surface area contributed by atoms with Crippen molar-refractivity contribution in [2.45, 2.75) is 68.1 Å². The lowest BCUT2D eigenvalue weighted by atomic mass is 9.87. The third-order valence-corrected chi connectivity index (χ3v) is 6.61. The van der Waals surface area contributed by atoms with E-state index in [2.05, 4.69) is 50.4 Å². The number of hydrogen-bond acceptors (Lipinski definition) is 3. The van der Waals surface area contributed by atoms with E-state index in [0.29, 0.717) is 16.5 Å². The summed E-state index contributed by atoms with van der Waals surface area (Å²) in [5.41, 5.74) is 8.59. The molecular weight excluding hydrogens is 352 g/mol. The lowest BCUT2D eigenvalue weighted by Crippen LogP contribution is -2.43. The molecule has 2 unspecified atom stereocenters. The van der Waals surface area contributed by atoms with Crippen molar-refractivity contribution in [3.8, 4) is 0 Å². The Labute approximate surface area is 167 Å². The van der Waals surface area contributed by atoms with Gasteiger partial charge >= 0.3 is 0 Å². The van der Waals surface area contributed by atoms with Gasteiger partial charge in [-0.2, -0.15) is 0 Å². The molecule has 4 heteroatoms. The van der Waals surface area contributed by atoms with Crippen LogP contribution in [0, 0.1) is 0 Å². The van der Waals surface area contributed by atoms with Crippen LogP contribution in [0.4, 0.5) is 5.69 Å². The number of nitrogen functional groups attached to an aromatic ring is 1. The van der Waals surface area contributed by atoms with Gasteiger partial charge in [0.2, 0.25) is 0 Å². The molecule has 0 bridgehead atoms. The maximum atomic E-state index is 12.6. The van der Waals surface area contributed by atoms with Gasteiger partial charge in [-0.05, 0) is 60.2 Å². The number of nitrogens with two attached hydrogens (primary N) is 1. The number of anilines is 1. The molecule has 0 radical (unpaired) electrons. The number of rotatable bonds is 4. The molecule has 3 rings (SSSR count). The van der Waals surface area contributed by atoms with E-state index in [0.717, 1.165) is 12.8 Å². The SMILES string of the molecule is CC(C)(C)c1ccc(SC2CCCCC2NC(=O)c2ccc(N)cc2)cc1. The Morgan fingerprint density at radius 1 is 1.00 bits per heavy atom. The van der Waals surface area contributed by atoms with Crippen LogP contribution in [0.3, 0.4) is 0 Å². The van der Waals surface area contributed by atoms with Gasteiger partial charge in [0.05, 0.1) is 0 Å². The van der Waals surface area contributed by atoms with Gasteiger partial charge in [0.25, 0.3) is 5.91 Å². The van der Waals surface area contributed by atoms with Crippen LogP contribution in [-0.2, 0) is 5.41 Å². The smallest absolute Gasteiger partial charge is 0.251 e. The minimum absolute atomic E-state index is 0.00409. The predicted octanol–water partition coefficient (Wildman–Crippen LogP) is 5.40. The van der Waals surface area contributed by atoms with Crippen LogP contribution in [0.5, 0.6) is 0 Å². The Kier molecular flexibility index (Phi) is 6.15. The van der Waals surface area contributed by atoms with Crippen LogP contribution in [0.2, 0.25) is 0 Å². The van der Waals surface area contributed by atoms with E-state index in [-0.39, 0.29) is 17.4 Å². The number of nitrogens with one attached hydrogen (secondary N) is 1. The van der Waals surface area contributed by atoms with Crippen LogP contribution in [0.15, 0.2) is 53.4 Å². The fraction of sp³-hybridized carbons (Fsp3) is 0.435. The molecule has 27 heavy (non-hydrogen) atoms. The molecule has 0 saturated heterocycles. The van der Waals surface area contributed by atoms with Crippen molar-refractivity contribution < 1.29 is 4.79 Å². The van der Waals surface area contributed by atoms with E-state index in [1.807, 2.05) is 11.8 Å². The first kappa shape index (κ1) is 19.8. The van der Waals surface area contributed by atoms with Crippen LogP contribution in [-0.4, -0.2) is 17.2 Å². The molecule has 0 aliphatic heterocycles. The minimum atomic E-state index is -0.00409. The Morgan fingerprint density at radius 3 is 2.26 bits per heavy atom. The molecule has 0 aromatic heterocycles. The van der Waals surface area contributed by atoms with Gasteiger partial charge < -0.3 is 11.1 Å². The summed E-state index contributed by atoms with van der Waals surface area (Å²) in [6.45, 7) is 6.71. The van der Waals surface area contributed by atoms with Crippen molar-refractivity contribution in [2.24, 2.45) is 0 Å². The zero-order valence-electron chi connectivity index (χ0n) is 16.5. The molecule has 2 aromatic rings. The molecule has 3 nitrogen and oxygen atoms in total. The van der Waals surface area contributed by atoms with Gasteiger partial charge in [0.15, 0.2) is 0 Å². The number of benzene rings is 2. The molecule has 1 amide bonds. The molecule has 1 aliphatic rings. The lowest BCUT2D eigenvalue weighted by Gasteiger charge is -2.32. The van der Waals surface area contributed by atoms with E-state index in [1.54, 1.807) is 24.3 Å². The van der Waals surface area contributed by atoms with E-state index >= 15 is 0 Å². The van der Waals surface area contributed by atoms with Gasteiger partial charge in [0.1, 0.15) is 0 Å². The van der Waals surface area contributed by atoms with Crippen molar-refractivity contribution in [1.82, 2.24) is 5.32 Å². The van der Waals surface area contributed by atoms with Crippen LogP contribution in [0.1, 0.15) is 62.4 Å². The Hall–Kier alpha value is -1.94. The van der Waals surface area contributed by atoms with E-state index < -0.39 is 0 Å². The summed E-state index contributed by atoms with van der Waals surface area (Å²) in [4.78, 5) is 13.9. The Bertz CT molecular complexity index is 762. The summed E-state index contributed by atoms with van der Waals surface area (Å²) in [6, 6.07) is 16.2. The van der Waals surface area contributed by atoms with Crippen molar-refractivity contribution >= 4 is 23.4 Å². The second-order valence-electron chi connectivity index (χ2n) is 8.42. The highest BCUT2D eigenvalue weighted by molar-refractivity contribution is 8.00. The molecule has 1 aliphatic carbocycles. The summed E-state index contributed by atoms with van der Waals surface area (Å²) in [7, 11) is 0. The fourth-order valence-electron chi connectivity index (χ4n) is 3.50. The first-order valence-electron chi connectivity index (χ1n) is 9.76. The highest BCUT2D eigenvalue weighted by Crippen LogP contribution is 2.35. The standard InChI is InChI=1S/C23H30N2OS/c1-23(2,3)17-10-14-19(15-11-17)27-21-7-5-4-6-20(21)25-22(26)16-8-12-18(24)13-9-16/h8-15,20-21H,4-7,24H2,1-3H3,(H,25,26). The van der Waals surface area contributed by atoms with Crippen LogP contribution >= 0.6 is 11.8 Å². The molecule has 0 spiro atoms. The van der Waals surface area contributed by atoms with E-state index in [1.165, 1.54) is 23.3 Å². The van der Waals surface area contributed by atoms with Crippen molar-refractivity contribution in [1.29, 1.82) is 0 Å². The zero-order valence-corrected chi connectivity index (χ0v) is 17.3. The average Bonchev–Trinajstić information content (AvgIpc) is 2.63. The lowest BCUT2D eigenvalue weighted by molar-refractivity contribution is 0.0929. The minimum Gasteiger partial charge on any atom is -0.399 e. The Morgan fingerprint density at radius 2 is 1.63 bits per heavy atom. The molecule has 2 atom stereocenters. The summed E-state index contributed by atoms with van der Waals surface area (Å²) >= 11 is 1.90. The molecular formula is C23H30N2OS. The fourth-order valence-corrected chi connectivity index (χ4v) is 4.79. The normalized spacial score (nSPS) is 20.3. The predicted molar refractivity (Wildman–Crippen MR) is 115 cm³/mol. The third kappa shape index (κ3) is 5.29. The molecule has 0 heterocycles. The van der Waals surface area contributed by atoms with Crippen LogP contribution in [0.25, 0.3) is 0 Å². The summed E-state index contributed by atoms with van der Waals surface area (Å²) < 4.78 is 0. The second-order valence-corrected chi connectivity index (χ2v) is 9.73. The van der Waals surface area contributed by atoms with Crippen molar-refractivity contribution in [2.75, 3.05) is 5.73 Å².